The first-order chi connectivity index (χ1) is 6.27. The van der Waals surface area contributed by atoms with E-state index >= 15 is 0 Å². The van der Waals surface area contributed by atoms with E-state index in [1.54, 1.807) is 12.4 Å². The van der Waals surface area contributed by atoms with E-state index in [0.29, 0.717) is 0 Å². The largest absolute Gasteiger partial charge is 0.334 e. The number of hydrogen-bond donors (Lipinski definition) is 0. The molecular formula is C10H11N3. The number of nitrogens with zero attached hydrogens (tertiary/aromatic N) is 3. The summed E-state index contributed by atoms with van der Waals surface area (Å²) in [5.41, 5.74) is 2.14. The quantitative estimate of drug-likeness (QED) is 0.658. The lowest BCUT2D eigenvalue weighted by molar-refractivity contribution is 0.923. The van der Waals surface area contributed by atoms with Crippen LogP contribution in [0.15, 0.2) is 30.7 Å². The first-order valence-electron chi connectivity index (χ1n) is 4.18. The summed E-state index contributed by atoms with van der Waals surface area (Å²) in [5, 5.41) is 0. The molecule has 3 nitrogen and oxygen atoms in total. The normalized spacial score (nSPS) is 10.3. The van der Waals surface area contributed by atoms with E-state index in [2.05, 4.69) is 9.97 Å². The fourth-order valence-electron chi connectivity index (χ4n) is 1.39. The van der Waals surface area contributed by atoms with Crippen molar-refractivity contribution in [2.75, 3.05) is 0 Å². The van der Waals surface area contributed by atoms with Crippen molar-refractivity contribution in [1.82, 2.24) is 14.5 Å². The molecule has 0 aliphatic rings. The van der Waals surface area contributed by atoms with Gasteiger partial charge in [0.05, 0.1) is 5.69 Å². The second-order valence-corrected chi connectivity index (χ2v) is 3.05. The average Bonchev–Trinajstić information content (AvgIpc) is 2.47. The number of hydrogen-bond acceptors (Lipinski definition) is 2. The maximum atomic E-state index is 4.42. The minimum Gasteiger partial charge on any atom is -0.334 e. The third-order valence-corrected chi connectivity index (χ3v) is 1.94. The summed E-state index contributed by atoms with van der Waals surface area (Å²) in [6.45, 7) is 1.99. The molecule has 0 unspecified atom stereocenters. The summed E-state index contributed by atoms with van der Waals surface area (Å²) in [6.07, 6.45) is 5.56. The highest BCUT2D eigenvalue weighted by Gasteiger charge is 2.03. The van der Waals surface area contributed by atoms with Crippen molar-refractivity contribution in [3.8, 4) is 11.4 Å². The van der Waals surface area contributed by atoms with E-state index in [-0.39, 0.29) is 0 Å². The third kappa shape index (κ3) is 1.45. The predicted octanol–water partition coefficient (Wildman–Crippen LogP) is 1.79. The minimum absolute atomic E-state index is 0.986. The van der Waals surface area contributed by atoms with Crippen LogP contribution in [0.3, 0.4) is 0 Å². The third-order valence-electron chi connectivity index (χ3n) is 1.94. The zero-order valence-corrected chi connectivity index (χ0v) is 7.73. The molecule has 2 aromatic heterocycles. The van der Waals surface area contributed by atoms with Gasteiger partial charge in [-0.15, -0.1) is 0 Å². The number of rotatable bonds is 1. The first-order valence-corrected chi connectivity index (χ1v) is 4.18. The second-order valence-electron chi connectivity index (χ2n) is 3.05. The van der Waals surface area contributed by atoms with E-state index < -0.39 is 0 Å². The predicted molar refractivity (Wildman–Crippen MR) is 51.2 cm³/mol. The Morgan fingerprint density at radius 1 is 1.23 bits per heavy atom. The van der Waals surface area contributed by atoms with Gasteiger partial charge in [0.15, 0.2) is 0 Å². The minimum atomic E-state index is 0.986. The van der Waals surface area contributed by atoms with Crippen LogP contribution >= 0.6 is 0 Å². The molecule has 0 spiro atoms. The van der Waals surface area contributed by atoms with Crippen LogP contribution in [-0.4, -0.2) is 14.5 Å². The molecule has 0 aliphatic heterocycles. The SMILES string of the molecule is Cc1cn(C)c(-c2ccncc2)n1. The number of pyridine rings is 1. The highest BCUT2D eigenvalue weighted by Crippen LogP contribution is 2.15. The Morgan fingerprint density at radius 3 is 2.46 bits per heavy atom. The number of imidazole rings is 1. The summed E-state index contributed by atoms with van der Waals surface area (Å²) in [4.78, 5) is 8.39. The number of aromatic nitrogens is 3. The maximum absolute atomic E-state index is 4.42. The standard InChI is InChI=1S/C10H11N3/c1-8-7-13(2)10(12-8)9-3-5-11-6-4-9/h3-7H,1-2H3. The van der Waals surface area contributed by atoms with E-state index in [9.17, 15) is 0 Å². The van der Waals surface area contributed by atoms with Crippen LogP contribution < -0.4 is 0 Å². The Kier molecular flexibility index (Phi) is 1.85. The van der Waals surface area contributed by atoms with Gasteiger partial charge < -0.3 is 4.57 Å². The van der Waals surface area contributed by atoms with Crippen molar-refractivity contribution in [3.05, 3.63) is 36.4 Å². The van der Waals surface area contributed by atoms with Crippen LogP contribution in [0.4, 0.5) is 0 Å². The van der Waals surface area contributed by atoms with Crippen LogP contribution in [-0.2, 0) is 7.05 Å². The molecule has 66 valence electrons. The molecule has 0 aromatic carbocycles. The van der Waals surface area contributed by atoms with Gasteiger partial charge in [-0.25, -0.2) is 4.98 Å². The smallest absolute Gasteiger partial charge is 0.140 e. The second kappa shape index (κ2) is 3.01. The van der Waals surface area contributed by atoms with E-state index in [4.69, 9.17) is 0 Å². The molecule has 0 saturated heterocycles. The van der Waals surface area contributed by atoms with E-state index in [0.717, 1.165) is 17.1 Å². The fourth-order valence-corrected chi connectivity index (χ4v) is 1.39. The molecule has 0 fully saturated rings. The van der Waals surface area contributed by atoms with Crippen molar-refractivity contribution >= 4 is 0 Å². The molecular weight excluding hydrogens is 162 g/mol. The molecule has 0 atom stereocenters. The molecule has 2 aromatic rings. The summed E-state index contributed by atoms with van der Waals surface area (Å²) in [5.74, 6) is 0.986. The summed E-state index contributed by atoms with van der Waals surface area (Å²) in [6, 6.07) is 3.92. The Labute approximate surface area is 77.1 Å². The van der Waals surface area contributed by atoms with Crippen LogP contribution in [0.25, 0.3) is 11.4 Å². The highest BCUT2D eigenvalue weighted by molar-refractivity contribution is 5.54. The molecule has 0 N–H and O–H groups in total. The molecule has 13 heavy (non-hydrogen) atoms. The van der Waals surface area contributed by atoms with E-state index in [1.807, 2.05) is 36.9 Å². The maximum Gasteiger partial charge on any atom is 0.140 e. The van der Waals surface area contributed by atoms with Gasteiger partial charge in [-0.3, -0.25) is 4.98 Å². The van der Waals surface area contributed by atoms with E-state index in [1.165, 1.54) is 0 Å². The van der Waals surface area contributed by atoms with Gasteiger partial charge in [-0.2, -0.15) is 0 Å². The van der Waals surface area contributed by atoms with Gasteiger partial charge in [0.25, 0.3) is 0 Å². The Bertz CT molecular complexity index is 403. The summed E-state index contributed by atoms with van der Waals surface area (Å²) in [7, 11) is 2.00. The van der Waals surface area contributed by atoms with Crippen molar-refractivity contribution in [2.24, 2.45) is 7.05 Å². The van der Waals surface area contributed by atoms with Crippen LogP contribution in [0.2, 0.25) is 0 Å². The lowest BCUT2D eigenvalue weighted by atomic mass is 10.2. The lowest BCUT2D eigenvalue weighted by Gasteiger charge is -1.99. The average molecular weight is 173 g/mol. The topological polar surface area (TPSA) is 30.7 Å². The molecule has 0 bridgehead atoms. The summed E-state index contributed by atoms with van der Waals surface area (Å²) < 4.78 is 2.02. The fraction of sp³-hybridized carbons (Fsp3) is 0.200. The van der Waals surface area contributed by atoms with Gasteiger partial charge in [-0.1, -0.05) is 0 Å². The summed E-state index contributed by atoms with van der Waals surface area (Å²) >= 11 is 0. The molecule has 3 heteroatoms. The van der Waals surface area contributed by atoms with Gasteiger partial charge in [0.1, 0.15) is 5.82 Å². The van der Waals surface area contributed by atoms with Gasteiger partial charge in [-0.05, 0) is 19.1 Å². The Morgan fingerprint density at radius 2 is 1.92 bits per heavy atom. The highest BCUT2D eigenvalue weighted by atomic mass is 15.0. The number of aryl methyl sites for hydroxylation is 2. The van der Waals surface area contributed by atoms with Crippen LogP contribution in [0.5, 0.6) is 0 Å². The molecule has 2 rings (SSSR count). The first kappa shape index (κ1) is 7.98. The van der Waals surface area contributed by atoms with Crippen LogP contribution in [0.1, 0.15) is 5.69 Å². The van der Waals surface area contributed by atoms with Crippen molar-refractivity contribution in [1.29, 1.82) is 0 Å². The van der Waals surface area contributed by atoms with Crippen molar-refractivity contribution < 1.29 is 0 Å². The Balaban J connectivity index is 2.53. The molecule has 2 heterocycles. The monoisotopic (exact) mass is 173 g/mol. The van der Waals surface area contributed by atoms with Crippen molar-refractivity contribution in [2.45, 2.75) is 6.92 Å². The lowest BCUT2D eigenvalue weighted by Crippen LogP contribution is -1.90. The zero-order chi connectivity index (χ0) is 9.26. The van der Waals surface area contributed by atoms with Gasteiger partial charge in [0, 0.05) is 31.2 Å². The van der Waals surface area contributed by atoms with Crippen LogP contribution in [0, 0.1) is 6.92 Å². The zero-order valence-electron chi connectivity index (χ0n) is 7.73. The molecule has 0 radical (unpaired) electrons. The molecule has 0 amide bonds. The molecule has 0 saturated carbocycles. The van der Waals surface area contributed by atoms with Gasteiger partial charge >= 0.3 is 0 Å². The Hall–Kier alpha value is -1.64. The van der Waals surface area contributed by atoms with Crippen molar-refractivity contribution in [3.63, 3.8) is 0 Å². The van der Waals surface area contributed by atoms with Gasteiger partial charge in [0.2, 0.25) is 0 Å². The molecule has 0 aliphatic carbocycles.